The van der Waals surface area contributed by atoms with Gasteiger partial charge in [-0.3, -0.25) is 9.59 Å². The molecule has 1 aromatic heterocycles. The van der Waals surface area contributed by atoms with E-state index in [-0.39, 0.29) is 23.6 Å². The number of hydrogen-bond acceptors (Lipinski definition) is 4. The molecule has 1 atom stereocenters. The first-order chi connectivity index (χ1) is 14.4. The van der Waals surface area contributed by atoms with Gasteiger partial charge in [0.2, 0.25) is 5.91 Å². The number of carbonyl (C=O) groups is 2. The van der Waals surface area contributed by atoms with E-state index in [0.717, 1.165) is 16.8 Å². The van der Waals surface area contributed by atoms with Crippen LogP contribution in [0.4, 0.5) is 11.4 Å². The van der Waals surface area contributed by atoms with E-state index in [4.69, 9.17) is 4.42 Å². The van der Waals surface area contributed by atoms with Crippen LogP contribution in [0.3, 0.4) is 0 Å². The van der Waals surface area contributed by atoms with Gasteiger partial charge in [0.1, 0.15) is 0 Å². The molecule has 2 aromatic carbocycles. The standard InChI is InChI=1S/C24H27N3O3/c1-17(19-9-6-5-7-10-19)27(18(2)28)16-20-15-21(12-13-22(20)26(3)4)25-24(29)23-11-8-14-30-23/h5-15,17H,16H2,1-4H3,(H,25,29)/t17-/m0/s1. The van der Waals surface area contributed by atoms with Gasteiger partial charge in [0, 0.05) is 38.9 Å². The molecule has 0 aliphatic heterocycles. The molecule has 1 N–H and O–H groups in total. The molecule has 0 saturated carbocycles. The minimum absolute atomic E-state index is 0.0129. The second kappa shape index (κ2) is 9.31. The first kappa shape index (κ1) is 21.2. The minimum atomic E-state index is -0.315. The summed E-state index contributed by atoms with van der Waals surface area (Å²) in [5.41, 5.74) is 3.64. The van der Waals surface area contributed by atoms with Gasteiger partial charge in [-0.05, 0) is 48.4 Å². The third-order valence-corrected chi connectivity index (χ3v) is 5.06. The average molecular weight is 405 g/mol. The predicted molar refractivity (Wildman–Crippen MR) is 119 cm³/mol. The zero-order valence-corrected chi connectivity index (χ0v) is 17.8. The molecule has 0 fully saturated rings. The number of hydrogen-bond donors (Lipinski definition) is 1. The van der Waals surface area contributed by atoms with E-state index < -0.39 is 0 Å². The zero-order chi connectivity index (χ0) is 21.7. The molecule has 30 heavy (non-hydrogen) atoms. The van der Waals surface area contributed by atoms with Crippen LogP contribution in [0.25, 0.3) is 0 Å². The van der Waals surface area contributed by atoms with Crippen molar-refractivity contribution < 1.29 is 14.0 Å². The summed E-state index contributed by atoms with van der Waals surface area (Å²) in [6.07, 6.45) is 1.46. The Morgan fingerprint density at radius 3 is 2.37 bits per heavy atom. The van der Waals surface area contributed by atoms with E-state index in [2.05, 4.69) is 5.32 Å². The number of rotatable bonds is 7. The second-order valence-electron chi connectivity index (χ2n) is 7.40. The van der Waals surface area contributed by atoms with Crippen LogP contribution in [-0.4, -0.2) is 30.8 Å². The normalized spacial score (nSPS) is 11.6. The number of amides is 2. The lowest BCUT2D eigenvalue weighted by Gasteiger charge is -2.30. The van der Waals surface area contributed by atoms with Crippen molar-refractivity contribution in [1.29, 1.82) is 0 Å². The van der Waals surface area contributed by atoms with Crippen LogP contribution in [-0.2, 0) is 11.3 Å². The first-order valence-corrected chi connectivity index (χ1v) is 9.84. The maximum Gasteiger partial charge on any atom is 0.291 e. The second-order valence-corrected chi connectivity index (χ2v) is 7.40. The van der Waals surface area contributed by atoms with E-state index in [1.54, 1.807) is 19.1 Å². The molecule has 2 amide bonds. The molecular formula is C24H27N3O3. The van der Waals surface area contributed by atoms with E-state index >= 15 is 0 Å². The summed E-state index contributed by atoms with van der Waals surface area (Å²) in [5.74, 6) is -0.0815. The Labute approximate surface area is 177 Å². The SMILES string of the molecule is CC(=O)N(Cc1cc(NC(=O)c2ccco2)ccc1N(C)C)[C@@H](C)c1ccccc1. The number of nitrogens with zero attached hydrogens (tertiary/aromatic N) is 2. The third-order valence-electron chi connectivity index (χ3n) is 5.06. The van der Waals surface area contributed by atoms with Crippen molar-refractivity contribution in [2.24, 2.45) is 0 Å². The molecule has 1 heterocycles. The summed E-state index contributed by atoms with van der Waals surface area (Å²) in [7, 11) is 3.91. The van der Waals surface area contributed by atoms with Gasteiger partial charge in [0.05, 0.1) is 12.3 Å². The summed E-state index contributed by atoms with van der Waals surface area (Å²) >= 11 is 0. The van der Waals surface area contributed by atoms with Crippen LogP contribution in [0.1, 0.15) is 41.6 Å². The third kappa shape index (κ3) is 4.89. The lowest BCUT2D eigenvalue weighted by atomic mass is 10.0. The van der Waals surface area contributed by atoms with Crippen LogP contribution >= 0.6 is 0 Å². The quantitative estimate of drug-likeness (QED) is 0.618. The van der Waals surface area contributed by atoms with Gasteiger partial charge < -0.3 is 19.5 Å². The highest BCUT2D eigenvalue weighted by atomic mass is 16.3. The fourth-order valence-corrected chi connectivity index (χ4v) is 3.44. The highest BCUT2D eigenvalue weighted by molar-refractivity contribution is 6.02. The fraction of sp³-hybridized carbons (Fsp3) is 0.250. The monoisotopic (exact) mass is 405 g/mol. The maximum atomic E-state index is 12.5. The van der Waals surface area contributed by atoms with Crippen LogP contribution < -0.4 is 10.2 Å². The van der Waals surface area contributed by atoms with E-state index in [1.165, 1.54) is 6.26 Å². The molecule has 0 radical (unpaired) electrons. The number of furan rings is 1. The molecule has 6 nitrogen and oxygen atoms in total. The van der Waals surface area contributed by atoms with E-state index in [9.17, 15) is 9.59 Å². The van der Waals surface area contributed by atoms with Crippen molar-refractivity contribution in [1.82, 2.24) is 4.90 Å². The molecule has 3 rings (SSSR count). The number of benzene rings is 2. The van der Waals surface area contributed by atoms with Crippen LogP contribution in [0.15, 0.2) is 71.3 Å². The lowest BCUT2D eigenvalue weighted by molar-refractivity contribution is -0.131. The number of anilines is 2. The van der Waals surface area contributed by atoms with Gasteiger partial charge in [-0.1, -0.05) is 30.3 Å². The zero-order valence-electron chi connectivity index (χ0n) is 17.8. The van der Waals surface area contributed by atoms with Crippen LogP contribution in [0, 0.1) is 0 Å². The number of carbonyl (C=O) groups excluding carboxylic acids is 2. The van der Waals surface area contributed by atoms with Crippen LogP contribution in [0.5, 0.6) is 0 Å². The Balaban J connectivity index is 1.89. The summed E-state index contributed by atoms with van der Waals surface area (Å²) in [6, 6.07) is 18.8. The number of nitrogens with one attached hydrogen (secondary N) is 1. The fourth-order valence-electron chi connectivity index (χ4n) is 3.44. The van der Waals surface area contributed by atoms with E-state index in [1.807, 2.05) is 79.3 Å². The molecule has 0 saturated heterocycles. The van der Waals surface area contributed by atoms with Crippen LogP contribution in [0.2, 0.25) is 0 Å². The van der Waals surface area contributed by atoms with Crippen molar-refractivity contribution >= 4 is 23.2 Å². The molecule has 0 aliphatic carbocycles. The molecule has 6 heteroatoms. The van der Waals surface area contributed by atoms with Crippen molar-refractivity contribution in [3.8, 4) is 0 Å². The van der Waals surface area contributed by atoms with Gasteiger partial charge in [0.15, 0.2) is 5.76 Å². The molecule has 0 bridgehead atoms. The molecule has 0 unspecified atom stereocenters. The van der Waals surface area contributed by atoms with Gasteiger partial charge in [-0.25, -0.2) is 0 Å². The van der Waals surface area contributed by atoms with Gasteiger partial charge in [0.25, 0.3) is 5.91 Å². The highest BCUT2D eigenvalue weighted by Gasteiger charge is 2.21. The van der Waals surface area contributed by atoms with Crippen molar-refractivity contribution in [3.05, 3.63) is 83.8 Å². The van der Waals surface area contributed by atoms with Crippen molar-refractivity contribution in [2.75, 3.05) is 24.3 Å². The largest absolute Gasteiger partial charge is 0.459 e. The average Bonchev–Trinajstić information content (AvgIpc) is 3.27. The Hall–Kier alpha value is -3.54. The smallest absolute Gasteiger partial charge is 0.291 e. The molecule has 0 aliphatic rings. The molecule has 156 valence electrons. The minimum Gasteiger partial charge on any atom is -0.459 e. The molecule has 3 aromatic rings. The first-order valence-electron chi connectivity index (χ1n) is 9.84. The summed E-state index contributed by atoms with van der Waals surface area (Å²) in [5, 5.41) is 2.86. The van der Waals surface area contributed by atoms with Gasteiger partial charge in [-0.15, -0.1) is 0 Å². The Kier molecular flexibility index (Phi) is 6.57. The van der Waals surface area contributed by atoms with E-state index in [0.29, 0.717) is 12.2 Å². The van der Waals surface area contributed by atoms with Crippen molar-refractivity contribution in [3.63, 3.8) is 0 Å². The van der Waals surface area contributed by atoms with Gasteiger partial charge >= 0.3 is 0 Å². The molecule has 0 spiro atoms. The Bertz CT molecular complexity index is 998. The lowest BCUT2D eigenvalue weighted by Crippen LogP contribution is -2.31. The summed E-state index contributed by atoms with van der Waals surface area (Å²) < 4.78 is 5.16. The topological polar surface area (TPSA) is 65.8 Å². The Morgan fingerprint density at radius 1 is 1.03 bits per heavy atom. The summed E-state index contributed by atoms with van der Waals surface area (Å²) in [6.45, 7) is 4.02. The Morgan fingerprint density at radius 2 is 1.77 bits per heavy atom. The molecular weight excluding hydrogens is 378 g/mol. The van der Waals surface area contributed by atoms with Crippen molar-refractivity contribution in [2.45, 2.75) is 26.4 Å². The van der Waals surface area contributed by atoms with Gasteiger partial charge in [-0.2, -0.15) is 0 Å². The predicted octanol–water partition coefficient (Wildman–Crippen LogP) is 4.71. The summed E-state index contributed by atoms with van der Waals surface area (Å²) in [4.78, 5) is 28.7. The highest BCUT2D eigenvalue weighted by Crippen LogP contribution is 2.29. The maximum absolute atomic E-state index is 12.5.